The number of nitrogens with one attached hydrogen (secondary N) is 1. The summed E-state index contributed by atoms with van der Waals surface area (Å²) >= 11 is 0. The highest BCUT2D eigenvalue weighted by Gasteiger charge is 2.16. The van der Waals surface area contributed by atoms with Crippen LogP contribution < -0.4 is 5.48 Å². The molecule has 1 atom stereocenters. The van der Waals surface area contributed by atoms with E-state index in [1.54, 1.807) is 7.11 Å². The summed E-state index contributed by atoms with van der Waals surface area (Å²) in [6, 6.07) is 16.8. The largest absolute Gasteiger partial charge is 0.382 e. The third-order valence-electron chi connectivity index (χ3n) is 3.47. The van der Waals surface area contributed by atoms with Gasteiger partial charge in [-0.2, -0.15) is 5.48 Å². The van der Waals surface area contributed by atoms with Crippen molar-refractivity contribution in [1.29, 1.82) is 0 Å². The first kappa shape index (κ1) is 15.7. The van der Waals surface area contributed by atoms with Gasteiger partial charge in [0, 0.05) is 7.11 Å². The first-order chi connectivity index (χ1) is 10.2. The Hall–Kier alpha value is -1.68. The van der Waals surface area contributed by atoms with Crippen molar-refractivity contribution in [2.24, 2.45) is 0 Å². The second-order valence-corrected chi connectivity index (χ2v) is 5.16. The minimum Gasteiger partial charge on any atom is -0.382 e. The fourth-order valence-electron chi connectivity index (χ4n) is 2.29. The predicted octanol–water partition coefficient (Wildman–Crippen LogP) is 3.56. The number of benzene rings is 2. The van der Waals surface area contributed by atoms with Crippen LogP contribution in [0.25, 0.3) is 0 Å². The van der Waals surface area contributed by atoms with Gasteiger partial charge < -0.3 is 4.74 Å². The van der Waals surface area contributed by atoms with Crippen molar-refractivity contribution >= 4 is 0 Å². The highest BCUT2D eigenvalue weighted by atomic mass is 16.7. The molecule has 0 spiro atoms. The van der Waals surface area contributed by atoms with Gasteiger partial charge in [0.25, 0.3) is 0 Å². The quantitative estimate of drug-likeness (QED) is 0.623. The van der Waals surface area contributed by atoms with Gasteiger partial charge >= 0.3 is 0 Å². The molecule has 3 heteroatoms. The van der Waals surface area contributed by atoms with E-state index in [2.05, 4.69) is 49.7 Å². The van der Waals surface area contributed by atoms with Crippen molar-refractivity contribution in [3.05, 3.63) is 70.8 Å². The molecule has 0 radical (unpaired) electrons. The van der Waals surface area contributed by atoms with Crippen molar-refractivity contribution in [3.63, 3.8) is 0 Å². The first-order valence-corrected chi connectivity index (χ1v) is 7.20. The maximum Gasteiger partial charge on any atom is 0.0916 e. The fraction of sp³-hybridized carbons (Fsp3) is 0.333. The van der Waals surface area contributed by atoms with Gasteiger partial charge in [-0.15, -0.1) is 0 Å². The molecule has 0 amide bonds. The van der Waals surface area contributed by atoms with E-state index in [1.807, 2.05) is 18.2 Å². The van der Waals surface area contributed by atoms with Crippen LogP contribution in [0, 0.1) is 13.8 Å². The molecule has 0 saturated heterocycles. The Balaban J connectivity index is 2.25. The molecule has 0 aliphatic carbocycles. The van der Waals surface area contributed by atoms with Gasteiger partial charge in [0.15, 0.2) is 0 Å². The topological polar surface area (TPSA) is 30.5 Å². The van der Waals surface area contributed by atoms with Crippen LogP contribution in [0.5, 0.6) is 0 Å². The summed E-state index contributed by atoms with van der Waals surface area (Å²) in [5.41, 5.74) is 8.09. The standard InChI is InChI=1S/C18H23NO2/c1-14-9-10-15(2)17(13-14)18(19-21-12-11-20-3)16-7-5-4-6-8-16/h4-10,13,18-19H,11-12H2,1-3H3. The summed E-state index contributed by atoms with van der Waals surface area (Å²) in [6.45, 7) is 5.32. The van der Waals surface area contributed by atoms with Crippen LogP contribution in [0.2, 0.25) is 0 Å². The molecule has 0 heterocycles. The molecule has 2 rings (SSSR count). The average Bonchev–Trinajstić information content (AvgIpc) is 2.51. The van der Waals surface area contributed by atoms with Gasteiger partial charge in [-0.3, -0.25) is 4.84 Å². The van der Waals surface area contributed by atoms with Crippen molar-refractivity contribution in [1.82, 2.24) is 5.48 Å². The fourth-order valence-corrected chi connectivity index (χ4v) is 2.29. The number of aryl methyl sites for hydroxylation is 2. The van der Waals surface area contributed by atoms with Crippen molar-refractivity contribution in [2.45, 2.75) is 19.9 Å². The summed E-state index contributed by atoms with van der Waals surface area (Å²) < 4.78 is 5.01. The second-order valence-electron chi connectivity index (χ2n) is 5.16. The maximum atomic E-state index is 5.56. The van der Waals surface area contributed by atoms with E-state index in [0.29, 0.717) is 13.2 Å². The highest BCUT2D eigenvalue weighted by molar-refractivity contribution is 5.38. The third kappa shape index (κ3) is 4.39. The zero-order valence-electron chi connectivity index (χ0n) is 12.9. The van der Waals surface area contributed by atoms with Crippen LogP contribution >= 0.6 is 0 Å². The van der Waals surface area contributed by atoms with Crippen molar-refractivity contribution in [3.8, 4) is 0 Å². The van der Waals surface area contributed by atoms with Crippen LogP contribution in [-0.2, 0) is 9.57 Å². The number of rotatable bonds is 7. The Morgan fingerprint density at radius 3 is 2.48 bits per heavy atom. The number of hydrogen-bond acceptors (Lipinski definition) is 3. The Kier molecular flexibility index (Phi) is 5.93. The molecule has 0 fully saturated rings. The normalized spacial score (nSPS) is 12.3. The van der Waals surface area contributed by atoms with Gasteiger partial charge in [0.05, 0.1) is 19.3 Å². The van der Waals surface area contributed by atoms with Crippen molar-refractivity contribution < 1.29 is 9.57 Å². The van der Waals surface area contributed by atoms with Gasteiger partial charge in [-0.25, -0.2) is 0 Å². The Labute approximate surface area is 126 Å². The summed E-state index contributed by atoms with van der Waals surface area (Å²) in [6.07, 6.45) is 0. The molecule has 2 aromatic rings. The molecule has 0 bridgehead atoms. The van der Waals surface area contributed by atoms with E-state index in [0.717, 1.165) is 0 Å². The Morgan fingerprint density at radius 2 is 1.76 bits per heavy atom. The molecule has 0 aromatic heterocycles. The van der Waals surface area contributed by atoms with Gasteiger partial charge in [0.1, 0.15) is 0 Å². The highest BCUT2D eigenvalue weighted by Crippen LogP contribution is 2.25. The molecule has 1 unspecified atom stereocenters. The molecule has 21 heavy (non-hydrogen) atoms. The van der Waals surface area contributed by atoms with E-state index in [4.69, 9.17) is 9.57 Å². The van der Waals surface area contributed by atoms with E-state index < -0.39 is 0 Å². The molecular weight excluding hydrogens is 262 g/mol. The number of ether oxygens (including phenoxy) is 1. The van der Waals surface area contributed by atoms with E-state index in [-0.39, 0.29) is 6.04 Å². The molecule has 0 aliphatic heterocycles. The molecule has 1 N–H and O–H groups in total. The molecule has 0 saturated carbocycles. The summed E-state index contributed by atoms with van der Waals surface area (Å²) in [4.78, 5) is 5.56. The molecule has 0 aliphatic rings. The lowest BCUT2D eigenvalue weighted by molar-refractivity contribution is -0.00579. The van der Waals surface area contributed by atoms with E-state index in [1.165, 1.54) is 22.3 Å². The monoisotopic (exact) mass is 285 g/mol. The van der Waals surface area contributed by atoms with E-state index in [9.17, 15) is 0 Å². The van der Waals surface area contributed by atoms with Crippen LogP contribution in [-0.4, -0.2) is 20.3 Å². The number of hydrogen-bond donors (Lipinski definition) is 1. The van der Waals surface area contributed by atoms with Gasteiger partial charge in [-0.1, -0.05) is 54.1 Å². The minimum atomic E-state index is 0.0166. The lowest BCUT2D eigenvalue weighted by Gasteiger charge is -2.21. The Morgan fingerprint density at radius 1 is 1.00 bits per heavy atom. The molecule has 3 nitrogen and oxygen atoms in total. The number of hydroxylamine groups is 1. The third-order valence-corrected chi connectivity index (χ3v) is 3.47. The Bertz CT molecular complexity index is 554. The van der Waals surface area contributed by atoms with E-state index >= 15 is 0 Å². The van der Waals surface area contributed by atoms with Crippen LogP contribution in [0.1, 0.15) is 28.3 Å². The summed E-state index contributed by atoms with van der Waals surface area (Å²) in [5, 5.41) is 0. The van der Waals surface area contributed by atoms with Gasteiger partial charge in [0.2, 0.25) is 0 Å². The predicted molar refractivity (Wildman–Crippen MR) is 85.2 cm³/mol. The zero-order valence-corrected chi connectivity index (χ0v) is 12.9. The zero-order chi connectivity index (χ0) is 15.1. The minimum absolute atomic E-state index is 0.0166. The second kappa shape index (κ2) is 7.93. The summed E-state index contributed by atoms with van der Waals surface area (Å²) in [7, 11) is 1.67. The van der Waals surface area contributed by atoms with Gasteiger partial charge in [-0.05, 0) is 30.5 Å². The lowest BCUT2D eigenvalue weighted by Crippen LogP contribution is -2.25. The first-order valence-electron chi connectivity index (χ1n) is 7.20. The van der Waals surface area contributed by atoms with Crippen molar-refractivity contribution in [2.75, 3.05) is 20.3 Å². The summed E-state index contributed by atoms with van der Waals surface area (Å²) in [5.74, 6) is 0. The molecule has 112 valence electrons. The SMILES string of the molecule is COCCONC(c1ccccc1)c1cc(C)ccc1C. The van der Waals surface area contributed by atoms with Crippen LogP contribution in [0.3, 0.4) is 0 Å². The maximum absolute atomic E-state index is 5.56. The lowest BCUT2D eigenvalue weighted by atomic mass is 9.94. The number of methoxy groups -OCH3 is 1. The smallest absolute Gasteiger partial charge is 0.0916 e. The van der Waals surface area contributed by atoms with Crippen LogP contribution in [0.15, 0.2) is 48.5 Å². The average molecular weight is 285 g/mol. The molecular formula is C18H23NO2. The van der Waals surface area contributed by atoms with Crippen LogP contribution in [0.4, 0.5) is 0 Å². The molecule has 2 aromatic carbocycles.